The van der Waals surface area contributed by atoms with Gasteiger partial charge >= 0.3 is 5.97 Å². The summed E-state index contributed by atoms with van der Waals surface area (Å²) in [7, 11) is 0. The Hall–Kier alpha value is -2.05. The van der Waals surface area contributed by atoms with Crippen LogP contribution in [0.1, 0.15) is 16.6 Å². The molecule has 2 rings (SSSR count). The standard InChI is InChI=1S/C14H12ClNO4S/c1-7(17)6-20-11-10(15)12(21-13(11)14(18)19)8-3-2-4-9(16)5-8/h2-5H,6,16H2,1H3,(H,18,19). The number of aromatic carboxylic acids is 1. The van der Waals surface area contributed by atoms with E-state index in [1.165, 1.54) is 6.92 Å². The van der Waals surface area contributed by atoms with Crippen molar-refractivity contribution < 1.29 is 19.4 Å². The van der Waals surface area contributed by atoms with E-state index in [1.54, 1.807) is 24.3 Å². The minimum absolute atomic E-state index is 0.0155. The van der Waals surface area contributed by atoms with Gasteiger partial charge < -0.3 is 15.6 Å². The number of carboxylic acid groups (broad SMARTS) is 1. The summed E-state index contributed by atoms with van der Waals surface area (Å²) in [5.41, 5.74) is 6.96. The van der Waals surface area contributed by atoms with E-state index in [4.69, 9.17) is 22.1 Å². The van der Waals surface area contributed by atoms with Gasteiger partial charge in [-0.15, -0.1) is 11.3 Å². The fourth-order valence-corrected chi connectivity index (χ4v) is 3.11. The van der Waals surface area contributed by atoms with Crippen LogP contribution in [0.5, 0.6) is 5.75 Å². The van der Waals surface area contributed by atoms with Crippen LogP contribution in [-0.2, 0) is 4.79 Å². The number of nitrogens with two attached hydrogens (primary N) is 1. The van der Waals surface area contributed by atoms with Gasteiger partial charge in [-0.25, -0.2) is 4.79 Å². The van der Waals surface area contributed by atoms with E-state index >= 15 is 0 Å². The Morgan fingerprint density at radius 2 is 2.14 bits per heavy atom. The van der Waals surface area contributed by atoms with Crippen molar-refractivity contribution in [3.63, 3.8) is 0 Å². The average molecular weight is 326 g/mol. The van der Waals surface area contributed by atoms with Gasteiger partial charge in [0.25, 0.3) is 0 Å². The Bertz CT molecular complexity index is 711. The first-order chi connectivity index (χ1) is 9.90. The lowest BCUT2D eigenvalue weighted by molar-refractivity contribution is -0.118. The molecule has 21 heavy (non-hydrogen) atoms. The van der Waals surface area contributed by atoms with Crippen molar-refractivity contribution in [1.82, 2.24) is 0 Å². The lowest BCUT2D eigenvalue weighted by Crippen LogP contribution is -2.08. The second-order valence-corrected chi connectivity index (χ2v) is 5.72. The third kappa shape index (κ3) is 3.34. The predicted octanol–water partition coefficient (Wildman–Crippen LogP) is 3.32. The number of halogens is 1. The maximum atomic E-state index is 11.3. The Morgan fingerprint density at radius 1 is 1.43 bits per heavy atom. The van der Waals surface area contributed by atoms with Crippen molar-refractivity contribution >= 4 is 40.4 Å². The van der Waals surface area contributed by atoms with Crippen LogP contribution in [0.15, 0.2) is 24.3 Å². The van der Waals surface area contributed by atoms with E-state index in [9.17, 15) is 14.7 Å². The van der Waals surface area contributed by atoms with E-state index in [2.05, 4.69) is 0 Å². The lowest BCUT2D eigenvalue weighted by atomic mass is 10.1. The van der Waals surface area contributed by atoms with Gasteiger partial charge in [-0.05, 0) is 24.6 Å². The smallest absolute Gasteiger partial charge is 0.349 e. The number of ketones is 1. The van der Waals surface area contributed by atoms with Gasteiger partial charge in [0.2, 0.25) is 0 Å². The van der Waals surface area contributed by atoms with Gasteiger partial charge in [0.1, 0.15) is 11.6 Å². The first-order valence-corrected chi connectivity index (χ1v) is 7.13. The number of thiophene rings is 1. The second-order valence-electron chi connectivity index (χ2n) is 4.32. The summed E-state index contributed by atoms with van der Waals surface area (Å²) in [6, 6.07) is 6.93. The zero-order chi connectivity index (χ0) is 15.6. The molecule has 7 heteroatoms. The van der Waals surface area contributed by atoms with Gasteiger partial charge in [0.05, 0.1) is 4.88 Å². The molecule has 0 radical (unpaired) electrons. The highest BCUT2D eigenvalue weighted by Gasteiger charge is 2.24. The van der Waals surface area contributed by atoms with Crippen LogP contribution < -0.4 is 10.5 Å². The van der Waals surface area contributed by atoms with Crippen LogP contribution in [0.4, 0.5) is 5.69 Å². The molecule has 5 nitrogen and oxygen atoms in total. The molecule has 0 bridgehead atoms. The molecule has 0 amide bonds. The van der Waals surface area contributed by atoms with E-state index in [-0.39, 0.29) is 28.0 Å². The van der Waals surface area contributed by atoms with Crippen LogP contribution in [0, 0.1) is 0 Å². The molecular formula is C14H12ClNO4S. The van der Waals surface area contributed by atoms with Crippen LogP contribution >= 0.6 is 22.9 Å². The topological polar surface area (TPSA) is 89.6 Å². The number of carboxylic acids is 1. The molecule has 0 aliphatic rings. The Kier molecular flexibility index (Phi) is 4.50. The first kappa shape index (κ1) is 15.3. The van der Waals surface area contributed by atoms with Crippen molar-refractivity contribution in [2.24, 2.45) is 0 Å². The zero-order valence-electron chi connectivity index (χ0n) is 11.1. The zero-order valence-corrected chi connectivity index (χ0v) is 12.6. The number of rotatable bonds is 5. The molecule has 1 aromatic heterocycles. The fraction of sp³-hybridized carbons (Fsp3) is 0.143. The summed E-state index contributed by atoms with van der Waals surface area (Å²) < 4.78 is 5.24. The molecule has 110 valence electrons. The monoisotopic (exact) mass is 325 g/mol. The number of ether oxygens (including phenoxy) is 1. The van der Waals surface area contributed by atoms with E-state index in [0.717, 1.165) is 11.3 Å². The van der Waals surface area contributed by atoms with Gasteiger partial charge in [-0.1, -0.05) is 23.7 Å². The average Bonchev–Trinajstić information content (AvgIpc) is 2.73. The third-order valence-electron chi connectivity index (χ3n) is 2.57. The van der Waals surface area contributed by atoms with Gasteiger partial charge in [-0.2, -0.15) is 0 Å². The number of carbonyl (C=O) groups is 2. The number of hydrogen-bond donors (Lipinski definition) is 2. The van der Waals surface area contributed by atoms with Gasteiger partial charge in [-0.3, -0.25) is 4.79 Å². The highest BCUT2D eigenvalue weighted by atomic mass is 35.5. The number of Topliss-reactive ketones (excluding diaryl/α,β-unsaturated/α-hetero) is 1. The summed E-state index contributed by atoms with van der Waals surface area (Å²) in [5.74, 6) is -1.36. The normalized spacial score (nSPS) is 10.4. The first-order valence-electron chi connectivity index (χ1n) is 5.94. The number of anilines is 1. The molecule has 0 saturated carbocycles. The highest BCUT2D eigenvalue weighted by Crippen LogP contribution is 2.45. The predicted molar refractivity (Wildman–Crippen MR) is 82.3 cm³/mol. The Labute approximate surface area is 129 Å². The van der Waals surface area contributed by atoms with Crippen molar-refractivity contribution in [2.45, 2.75) is 6.92 Å². The quantitative estimate of drug-likeness (QED) is 0.823. The van der Waals surface area contributed by atoms with Crippen LogP contribution in [-0.4, -0.2) is 23.5 Å². The van der Waals surface area contributed by atoms with Crippen molar-refractivity contribution in [1.29, 1.82) is 0 Å². The minimum Gasteiger partial charge on any atom is -0.482 e. The summed E-state index contributed by atoms with van der Waals surface area (Å²) >= 11 is 7.20. The third-order valence-corrected chi connectivity index (χ3v) is 4.25. The molecule has 0 unspecified atom stereocenters. The Morgan fingerprint density at radius 3 is 2.71 bits per heavy atom. The van der Waals surface area contributed by atoms with Crippen molar-refractivity contribution in [3.8, 4) is 16.2 Å². The molecule has 0 atom stereocenters. The van der Waals surface area contributed by atoms with E-state index in [0.29, 0.717) is 16.1 Å². The molecule has 0 aliphatic heterocycles. The van der Waals surface area contributed by atoms with Crippen LogP contribution in [0.3, 0.4) is 0 Å². The number of nitrogen functional groups attached to an aromatic ring is 1. The molecule has 0 aliphatic carbocycles. The lowest BCUT2D eigenvalue weighted by Gasteiger charge is -2.04. The largest absolute Gasteiger partial charge is 0.482 e. The number of benzene rings is 1. The second kappa shape index (κ2) is 6.15. The maximum Gasteiger partial charge on any atom is 0.349 e. The molecule has 0 fully saturated rings. The summed E-state index contributed by atoms with van der Waals surface area (Å²) in [5, 5.41) is 9.40. The molecule has 1 heterocycles. The van der Waals surface area contributed by atoms with Crippen LogP contribution in [0.25, 0.3) is 10.4 Å². The van der Waals surface area contributed by atoms with Crippen molar-refractivity contribution in [3.05, 3.63) is 34.2 Å². The van der Waals surface area contributed by atoms with E-state index in [1.807, 2.05) is 0 Å². The van der Waals surface area contributed by atoms with Gasteiger partial charge in [0, 0.05) is 5.69 Å². The summed E-state index contributed by atoms with van der Waals surface area (Å²) in [6.07, 6.45) is 0. The molecule has 1 aromatic carbocycles. The minimum atomic E-state index is -1.16. The number of carbonyl (C=O) groups excluding carboxylic acids is 1. The molecule has 3 N–H and O–H groups in total. The van der Waals surface area contributed by atoms with Crippen molar-refractivity contribution in [2.75, 3.05) is 12.3 Å². The number of hydrogen-bond acceptors (Lipinski definition) is 5. The van der Waals surface area contributed by atoms with Crippen LogP contribution in [0.2, 0.25) is 5.02 Å². The van der Waals surface area contributed by atoms with E-state index < -0.39 is 5.97 Å². The molecule has 0 spiro atoms. The molecular weight excluding hydrogens is 314 g/mol. The molecule has 2 aromatic rings. The summed E-state index contributed by atoms with van der Waals surface area (Å²) in [6.45, 7) is 1.12. The summed E-state index contributed by atoms with van der Waals surface area (Å²) in [4.78, 5) is 22.8. The van der Waals surface area contributed by atoms with Gasteiger partial charge in [0.15, 0.2) is 16.4 Å². The molecule has 0 saturated heterocycles. The maximum absolute atomic E-state index is 11.3. The fourth-order valence-electron chi connectivity index (χ4n) is 1.71. The highest BCUT2D eigenvalue weighted by molar-refractivity contribution is 7.18. The SMILES string of the molecule is CC(=O)COc1c(C(=O)O)sc(-c2cccc(N)c2)c1Cl. The Balaban J connectivity index is 2.51.